The third-order valence-corrected chi connectivity index (χ3v) is 3.74. The van der Waals surface area contributed by atoms with Gasteiger partial charge in [-0.3, -0.25) is 0 Å². The van der Waals surface area contributed by atoms with Gasteiger partial charge in [-0.1, -0.05) is 0 Å². The summed E-state index contributed by atoms with van der Waals surface area (Å²) in [5.74, 6) is -5.47. The van der Waals surface area contributed by atoms with Crippen molar-refractivity contribution in [3.63, 3.8) is 0 Å². The van der Waals surface area contributed by atoms with Gasteiger partial charge in [0.15, 0.2) is 0 Å². The minimum Gasteiger partial charge on any atom is -0.478 e. The zero-order chi connectivity index (χ0) is 20.6. The quantitative estimate of drug-likeness (QED) is 0.461. The van der Waals surface area contributed by atoms with Crippen LogP contribution < -0.4 is 0 Å². The van der Waals surface area contributed by atoms with Gasteiger partial charge in [0.25, 0.3) is 5.79 Å². The molecule has 1 aliphatic rings. The van der Waals surface area contributed by atoms with E-state index in [9.17, 15) is 19.2 Å². The van der Waals surface area contributed by atoms with Gasteiger partial charge in [-0.25, -0.2) is 19.2 Å². The lowest BCUT2D eigenvalue weighted by atomic mass is 10.0. The summed E-state index contributed by atoms with van der Waals surface area (Å²) in [5.41, 5.74) is -0.622. The van der Waals surface area contributed by atoms with Crippen LogP contribution in [-0.4, -0.2) is 39.9 Å². The van der Waals surface area contributed by atoms with Gasteiger partial charge in [-0.05, 0) is 30.3 Å². The lowest BCUT2D eigenvalue weighted by molar-refractivity contribution is -0.222. The van der Waals surface area contributed by atoms with E-state index in [0.717, 1.165) is 12.1 Å². The molecule has 0 unspecified atom stereocenters. The summed E-state index contributed by atoms with van der Waals surface area (Å²) in [6.07, 6.45) is 1.13. The fourth-order valence-electron chi connectivity index (χ4n) is 2.52. The Morgan fingerprint density at radius 1 is 0.929 bits per heavy atom. The first-order valence-corrected chi connectivity index (χ1v) is 7.96. The molecular weight excluding hydrogens is 372 g/mol. The molecule has 2 N–H and O–H groups in total. The number of cyclic esters (lactones) is 2. The van der Waals surface area contributed by atoms with E-state index in [2.05, 4.69) is 0 Å². The molecule has 2 heterocycles. The van der Waals surface area contributed by atoms with Crippen molar-refractivity contribution in [2.45, 2.75) is 19.6 Å². The van der Waals surface area contributed by atoms with Gasteiger partial charge in [0.1, 0.15) is 17.1 Å². The van der Waals surface area contributed by atoms with Crippen LogP contribution in [0.3, 0.4) is 0 Å². The fraction of sp³-hybridized carbons (Fsp3) is 0.158. The van der Waals surface area contributed by atoms with Crippen molar-refractivity contribution >= 4 is 30.0 Å². The minimum absolute atomic E-state index is 0.0937. The van der Waals surface area contributed by atoms with E-state index in [1.165, 1.54) is 38.1 Å². The van der Waals surface area contributed by atoms with Gasteiger partial charge in [-0.15, -0.1) is 0 Å². The summed E-state index contributed by atoms with van der Waals surface area (Å²) in [7, 11) is 0. The molecule has 1 fully saturated rings. The smallest absolute Gasteiger partial charge is 0.348 e. The molecule has 1 aliphatic heterocycles. The van der Waals surface area contributed by atoms with E-state index < -0.39 is 29.7 Å². The number of rotatable bonds is 4. The molecule has 0 spiro atoms. The topological polar surface area (TPSA) is 140 Å². The number of carbonyl (C=O) groups excluding carboxylic acids is 2. The standard InChI is InChI=1S/C19H14O9/c1-19(2)27-17(24)13(18(25)28-19)8-12-3-4-14(26-12)9-5-10(15(20)21)7-11(6-9)16(22)23/h3-8H,1-2H3,(H,20,21)(H,22,23). The van der Waals surface area contributed by atoms with Crippen LogP contribution in [0.15, 0.2) is 40.3 Å². The molecule has 0 radical (unpaired) electrons. The minimum atomic E-state index is -1.37. The van der Waals surface area contributed by atoms with Gasteiger partial charge < -0.3 is 24.1 Å². The van der Waals surface area contributed by atoms with Gasteiger partial charge in [0.2, 0.25) is 0 Å². The maximum Gasteiger partial charge on any atom is 0.348 e. The van der Waals surface area contributed by atoms with Gasteiger partial charge in [0.05, 0.1) is 11.1 Å². The molecule has 144 valence electrons. The third-order valence-electron chi connectivity index (χ3n) is 3.74. The number of furan rings is 1. The number of carboxylic acids is 2. The first-order valence-electron chi connectivity index (χ1n) is 7.96. The van der Waals surface area contributed by atoms with Gasteiger partial charge in [0, 0.05) is 25.5 Å². The Morgan fingerprint density at radius 3 is 1.96 bits per heavy atom. The monoisotopic (exact) mass is 386 g/mol. The normalized spacial score (nSPS) is 15.6. The fourth-order valence-corrected chi connectivity index (χ4v) is 2.52. The Labute approximate surface area is 157 Å². The van der Waals surface area contributed by atoms with E-state index in [4.69, 9.17) is 24.1 Å². The Bertz CT molecular complexity index is 985. The maximum absolute atomic E-state index is 12.0. The predicted octanol–water partition coefficient (Wildman–Crippen LogP) is 2.56. The average Bonchev–Trinajstić information content (AvgIpc) is 3.05. The van der Waals surface area contributed by atoms with Crippen LogP contribution >= 0.6 is 0 Å². The zero-order valence-corrected chi connectivity index (χ0v) is 14.7. The molecule has 9 heteroatoms. The van der Waals surface area contributed by atoms with Crippen molar-refractivity contribution < 1.29 is 43.3 Å². The highest BCUT2D eigenvalue weighted by Crippen LogP contribution is 2.28. The molecule has 9 nitrogen and oxygen atoms in total. The summed E-state index contributed by atoms with van der Waals surface area (Å²) < 4.78 is 15.5. The molecule has 0 atom stereocenters. The molecule has 3 rings (SSSR count). The SMILES string of the molecule is CC1(C)OC(=O)C(=Cc2ccc(-c3cc(C(=O)O)cc(C(=O)O)c3)o2)C(=O)O1. The van der Waals surface area contributed by atoms with Crippen molar-refractivity contribution in [2.75, 3.05) is 0 Å². The highest BCUT2D eigenvalue weighted by molar-refractivity contribution is 6.18. The highest BCUT2D eigenvalue weighted by atomic mass is 16.7. The Hall–Kier alpha value is -3.88. The van der Waals surface area contributed by atoms with Crippen molar-refractivity contribution in [1.82, 2.24) is 0 Å². The number of carboxylic acid groups (broad SMARTS) is 2. The third kappa shape index (κ3) is 3.78. The number of benzene rings is 1. The second kappa shape index (κ2) is 6.69. The van der Waals surface area contributed by atoms with Crippen LogP contribution in [0, 0.1) is 0 Å². The van der Waals surface area contributed by atoms with E-state index in [0.29, 0.717) is 0 Å². The van der Waals surface area contributed by atoms with E-state index in [1.54, 1.807) is 0 Å². The molecular formula is C19H14O9. The van der Waals surface area contributed by atoms with Crippen molar-refractivity contribution in [3.05, 3.63) is 52.8 Å². The van der Waals surface area contributed by atoms with Crippen LogP contribution in [-0.2, 0) is 19.1 Å². The van der Waals surface area contributed by atoms with E-state index >= 15 is 0 Å². The van der Waals surface area contributed by atoms with Gasteiger partial charge in [-0.2, -0.15) is 0 Å². The molecule has 0 amide bonds. The average molecular weight is 386 g/mol. The van der Waals surface area contributed by atoms with E-state index in [1.807, 2.05) is 0 Å². The van der Waals surface area contributed by atoms with Crippen molar-refractivity contribution in [3.8, 4) is 11.3 Å². The first kappa shape index (κ1) is 18.9. The van der Waals surface area contributed by atoms with Crippen LogP contribution in [0.4, 0.5) is 0 Å². The van der Waals surface area contributed by atoms with Crippen LogP contribution in [0.5, 0.6) is 0 Å². The first-order chi connectivity index (χ1) is 13.1. The maximum atomic E-state index is 12.0. The summed E-state index contributed by atoms with van der Waals surface area (Å²) in [4.78, 5) is 46.4. The van der Waals surface area contributed by atoms with E-state index in [-0.39, 0.29) is 33.8 Å². The summed E-state index contributed by atoms with van der Waals surface area (Å²) in [6.45, 7) is 2.83. The largest absolute Gasteiger partial charge is 0.478 e. The Balaban J connectivity index is 1.97. The summed E-state index contributed by atoms with van der Waals surface area (Å²) in [5, 5.41) is 18.3. The number of hydrogen-bond acceptors (Lipinski definition) is 7. The molecule has 1 aromatic heterocycles. The molecule has 1 saturated heterocycles. The lowest BCUT2D eigenvalue weighted by Gasteiger charge is -2.29. The number of ether oxygens (including phenoxy) is 2. The molecule has 1 aromatic carbocycles. The number of esters is 2. The molecule has 0 aliphatic carbocycles. The molecule has 0 bridgehead atoms. The number of hydrogen-bond donors (Lipinski definition) is 2. The van der Waals surface area contributed by atoms with Crippen LogP contribution in [0.2, 0.25) is 0 Å². The Morgan fingerprint density at radius 2 is 1.46 bits per heavy atom. The Kier molecular flexibility index (Phi) is 4.52. The number of carbonyl (C=O) groups is 4. The molecule has 28 heavy (non-hydrogen) atoms. The van der Waals surface area contributed by atoms with Crippen molar-refractivity contribution in [2.24, 2.45) is 0 Å². The highest BCUT2D eigenvalue weighted by Gasteiger charge is 2.39. The lowest BCUT2D eigenvalue weighted by Crippen LogP contribution is -2.41. The zero-order valence-electron chi connectivity index (χ0n) is 14.7. The van der Waals surface area contributed by atoms with Crippen LogP contribution in [0.1, 0.15) is 40.3 Å². The van der Waals surface area contributed by atoms with Gasteiger partial charge >= 0.3 is 23.9 Å². The molecule has 2 aromatic rings. The second-order valence-electron chi connectivity index (χ2n) is 6.35. The predicted molar refractivity (Wildman–Crippen MR) is 92.3 cm³/mol. The molecule has 0 saturated carbocycles. The summed E-state index contributed by atoms with van der Waals surface area (Å²) >= 11 is 0. The summed E-state index contributed by atoms with van der Waals surface area (Å²) in [6, 6.07) is 6.39. The number of aromatic carboxylic acids is 2. The second-order valence-corrected chi connectivity index (χ2v) is 6.35. The van der Waals surface area contributed by atoms with Crippen LogP contribution in [0.25, 0.3) is 17.4 Å². The van der Waals surface area contributed by atoms with Crippen molar-refractivity contribution in [1.29, 1.82) is 0 Å².